The molecule has 0 unspecified atom stereocenters. The maximum Gasteiger partial charge on any atom is 0.320 e. The number of hydrogen-bond donors (Lipinski definition) is 1. The maximum atomic E-state index is 12.7. The van der Waals surface area contributed by atoms with E-state index in [1.165, 1.54) is 0 Å². The van der Waals surface area contributed by atoms with E-state index in [2.05, 4.69) is 24.3 Å². The van der Waals surface area contributed by atoms with E-state index in [0.717, 1.165) is 65.2 Å². The van der Waals surface area contributed by atoms with E-state index in [0.29, 0.717) is 0 Å². The molecular formula is C20H13O2PS2. The molecule has 0 spiro atoms. The highest BCUT2D eigenvalue weighted by molar-refractivity contribution is 8.89. The van der Waals surface area contributed by atoms with Crippen LogP contribution in [-0.2, 0) is 4.57 Å². The topological polar surface area (TPSA) is 37.3 Å². The Morgan fingerprint density at radius 2 is 1.08 bits per heavy atom. The van der Waals surface area contributed by atoms with Gasteiger partial charge < -0.3 is 4.89 Å². The highest BCUT2D eigenvalue weighted by Crippen LogP contribution is 2.74. The van der Waals surface area contributed by atoms with Crippen LogP contribution in [0.2, 0.25) is 0 Å². The fraction of sp³-hybridized carbons (Fsp3) is 0. The van der Waals surface area contributed by atoms with Crippen molar-refractivity contribution >= 4 is 50.1 Å². The molecule has 0 amide bonds. The van der Waals surface area contributed by atoms with Gasteiger partial charge in [0.25, 0.3) is 0 Å². The Morgan fingerprint density at radius 3 is 1.56 bits per heavy atom. The fourth-order valence-corrected chi connectivity index (χ4v) is 9.13. The van der Waals surface area contributed by atoms with Gasteiger partial charge in [0.1, 0.15) is 0 Å². The monoisotopic (exact) mass is 380 g/mol. The molecule has 0 aliphatic carbocycles. The maximum absolute atomic E-state index is 12.7. The summed E-state index contributed by atoms with van der Waals surface area (Å²) in [5.74, 6) is -3.42. The first-order valence-corrected chi connectivity index (χ1v) is 12.4. The van der Waals surface area contributed by atoms with Crippen LogP contribution in [0, 0.1) is 0 Å². The van der Waals surface area contributed by atoms with Crippen LogP contribution in [0.4, 0.5) is 0 Å². The molecule has 2 nitrogen and oxygen atoms in total. The van der Waals surface area contributed by atoms with E-state index in [4.69, 9.17) is 0 Å². The van der Waals surface area contributed by atoms with E-state index in [-0.39, 0.29) is 0 Å². The second kappa shape index (κ2) is 5.65. The van der Waals surface area contributed by atoms with Crippen LogP contribution >= 0.6 is 28.5 Å². The van der Waals surface area contributed by atoms with E-state index < -0.39 is 5.77 Å². The zero-order valence-corrected chi connectivity index (χ0v) is 15.6. The van der Waals surface area contributed by atoms with E-state index in [1.807, 2.05) is 48.5 Å². The number of rotatable bonds is 0. The summed E-state index contributed by atoms with van der Waals surface area (Å²) in [6, 6.07) is 24.5. The molecule has 1 aliphatic heterocycles. The van der Waals surface area contributed by atoms with E-state index >= 15 is 0 Å². The Morgan fingerprint density at radius 1 is 0.640 bits per heavy atom. The molecule has 0 radical (unpaired) electrons. The predicted molar refractivity (Wildman–Crippen MR) is 108 cm³/mol. The molecule has 0 aromatic heterocycles. The van der Waals surface area contributed by atoms with Gasteiger partial charge in [0.15, 0.2) is 0 Å². The first kappa shape index (κ1) is 15.5. The first-order chi connectivity index (χ1) is 12.1. The summed E-state index contributed by atoms with van der Waals surface area (Å²) in [6.45, 7) is 0. The quantitative estimate of drug-likeness (QED) is 0.335. The third-order valence-corrected chi connectivity index (χ3v) is 9.90. The highest BCUT2D eigenvalue weighted by atomic mass is 33.1. The van der Waals surface area contributed by atoms with Gasteiger partial charge in [-0.1, -0.05) is 60.7 Å². The van der Waals surface area contributed by atoms with Gasteiger partial charge in [-0.2, -0.15) is 0 Å². The predicted octanol–water partition coefficient (Wildman–Crippen LogP) is 6.96. The lowest BCUT2D eigenvalue weighted by Crippen LogP contribution is -1.88. The Balaban J connectivity index is 2.02. The molecule has 4 aromatic carbocycles. The molecule has 0 bridgehead atoms. The standard InChI is InChI=1S/C20H13O2PS2/c21-23(22)24-17-11-9-13-5-1-3-7-15(13)19(17)20-16-8-4-2-6-14(16)10-12-18(20)25-23/h1-12H,(H,21,22). The minimum atomic E-state index is -3.42. The molecule has 5 rings (SSSR count). The van der Waals surface area contributed by atoms with Crippen molar-refractivity contribution in [2.24, 2.45) is 0 Å². The molecule has 4 aromatic rings. The molecule has 122 valence electrons. The summed E-state index contributed by atoms with van der Waals surface area (Å²) in [6.07, 6.45) is 0. The number of fused-ring (bicyclic) bond motifs is 7. The van der Waals surface area contributed by atoms with Crippen molar-refractivity contribution in [1.82, 2.24) is 0 Å². The first-order valence-electron chi connectivity index (χ1n) is 7.88. The molecule has 0 atom stereocenters. The number of benzene rings is 4. The molecule has 0 fully saturated rings. The van der Waals surface area contributed by atoms with Crippen molar-refractivity contribution in [3.8, 4) is 11.1 Å². The summed E-state index contributed by atoms with van der Waals surface area (Å²) < 4.78 is 12.7. The van der Waals surface area contributed by atoms with Gasteiger partial charge in [0, 0.05) is 20.9 Å². The number of hydrogen-bond acceptors (Lipinski definition) is 3. The van der Waals surface area contributed by atoms with Crippen LogP contribution in [0.25, 0.3) is 32.7 Å². The van der Waals surface area contributed by atoms with Gasteiger partial charge in [-0.15, -0.1) is 0 Å². The molecule has 0 saturated carbocycles. The zero-order chi connectivity index (χ0) is 17.0. The van der Waals surface area contributed by atoms with Crippen LogP contribution in [0.5, 0.6) is 0 Å². The van der Waals surface area contributed by atoms with Crippen LogP contribution in [0.15, 0.2) is 82.6 Å². The Labute approximate surface area is 153 Å². The molecule has 5 heteroatoms. The molecule has 1 aliphatic rings. The smallest absolute Gasteiger partial charge is 0.320 e. The Bertz CT molecular complexity index is 1110. The summed E-state index contributed by atoms with van der Waals surface area (Å²) in [4.78, 5) is 12.2. The third-order valence-electron chi connectivity index (χ3n) is 4.46. The van der Waals surface area contributed by atoms with Crippen molar-refractivity contribution in [1.29, 1.82) is 0 Å². The average Bonchev–Trinajstić information content (AvgIpc) is 2.73. The summed E-state index contributed by atoms with van der Waals surface area (Å²) in [5, 5.41) is 4.51. The minimum absolute atomic E-state index is 0.868. The fourth-order valence-electron chi connectivity index (χ4n) is 3.44. The van der Waals surface area contributed by atoms with Crippen molar-refractivity contribution in [2.75, 3.05) is 0 Å². The van der Waals surface area contributed by atoms with Crippen LogP contribution < -0.4 is 0 Å². The van der Waals surface area contributed by atoms with Crippen molar-refractivity contribution < 1.29 is 9.46 Å². The van der Waals surface area contributed by atoms with Gasteiger partial charge in [0.2, 0.25) is 0 Å². The zero-order valence-electron chi connectivity index (χ0n) is 13.0. The van der Waals surface area contributed by atoms with Crippen LogP contribution in [-0.4, -0.2) is 4.89 Å². The largest absolute Gasteiger partial charge is 0.329 e. The van der Waals surface area contributed by atoms with Crippen molar-refractivity contribution in [3.05, 3.63) is 72.8 Å². The third kappa shape index (κ3) is 2.52. The highest BCUT2D eigenvalue weighted by Gasteiger charge is 2.31. The molecule has 0 saturated heterocycles. The Hall–Kier alpha value is -1.71. The van der Waals surface area contributed by atoms with E-state index in [9.17, 15) is 9.46 Å². The average molecular weight is 380 g/mol. The molecule has 25 heavy (non-hydrogen) atoms. The molecule has 1 heterocycles. The summed E-state index contributed by atoms with van der Waals surface area (Å²) in [5.41, 5.74) is 2.13. The lowest BCUT2D eigenvalue weighted by Gasteiger charge is -2.14. The summed E-state index contributed by atoms with van der Waals surface area (Å²) in [7, 11) is 0. The van der Waals surface area contributed by atoms with Gasteiger partial charge in [-0.05, 0) is 56.4 Å². The van der Waals surface area contributed by atoms with Gasteiger partial charge in [0.05, 0.1) is 0 Å². The van der Waals surface area contributed by atoms with Gasteiger partial charge >= 0.3 is 5.77 Å². The second-order valence-corrected chi connectivity index (χ2v) is 12.9. The van der Waals surface area contributed by atoms with Crippen LogP contribution in [0.3, 0.4) is 0 Å². The normalized spacial score (nSPS) is 15.6. The lowest BCUT2D eigenvalue weighted by atomic mass is 9.94. The minimum Gasteiger partial charge on any atom is -0.329 e. The SMILES string of the molecule is O=P1(O)Sc2ccc3ccccc3c2-c2c(ccc3ccccc23)S1. The van der Waals surface area contributed by atoms with Gasteiger partial charge in [-0.3, -0.25) is 4.57 Å². The molecule has 1 N–H and O–H groups in total. The van der Waals surface area contributed by atoms with E-state index in [1.54, 1.807) is 0 Å². The van der Waals surface area contributed by atoms with Crippen LogP contribution in [0.1, 0.15) is 0 Å². The summed E-state index contributed by atoms with van der Waals surface area (Å²) >= 11 is 2.18. The molecular weight excluding hydrogens is 367 g/mol. The Kier molecular flexibility index (Phi) is 3.51. The second-order valence-electron chi connectivity index (χ2n) is 5.97. The van der Waals surface area contributed by atoms with Gasteiger partial charge in [-0.25, -0.2) is 0 Å². The van der Waals surface area contributed by atoms with Crippen molar-refractivity contribution in [2.45, 2.75) is 9.79 Å². The van der Waals surface area contributed by atoms with Crippen molar-refractivity contribution in [3.63, 3.8) is 0 Å². The lowest BCUT2D eigenvalue weighted by molar-refractivity contribution is 0.514.